The Morgan fingerprint density at radius 2 is 1.73 bits per heavy atom. The molecular weight excluding hydrogens is 294 g/mol. The van der Waals surface area contributed by atoms with E-state index in [1.54, 1.807) is 6.07 Å². The molecule has 22 heavy (non-hydrogen) atoms. The van der Waals surface area contributed by atoms with Crippen LogP contribution in [0.3, 0.4) is 0 Å². The second-order valence-electron chi connectivity index (χ2n) is 5.22. The van der Waals surface area contributed by atoms with Crippen molar-refractivity contribution in [3.8, 4) is 0 Å². The van der Waals surface area contributed by atoms with Gasteiger partial charge in [0.25, 0.3) is 0 Å². The van der Waals surface area contributed by atoms with Crippen molar-refractivity contribution in [1.29, 1.82) is 0 Å². The van der Waals surface area contributed by atoms with Crippen LogP contribution in [-0.4, -0.2) is 15.6 Å². The molecular formula is C18H13NO2S. The Bertz CT molecular complexity index is 982. The highest BCUT2D eigenvalue weighted by atomic mass is 32.1. The summed E-state index contributed by atoms with van der Waals surface area (Å²) in [5.41, 5.74) is 2.35. The number of nitrogens with zero attached hydrogens (tertiary/aromatic N) is 1. The number of fused-ring (bicyclic) bond motifs is 3. The van der Waals surface area contributed by atoms with Gasteiger partial charge in [-0.15, -0.1) is 11.3 Å². The predicted octanol–water partition coefficient (Wildman–Crippen LogP) is 4.60. The summed E-state index contributed by atoms with van der Waals surface area (Å²) in [6.07, 6.45) is 0. The third-order valence-electron chi connectivity index (χ3n) is 3.84. The molecule has 0 aliphatic rings. The second kappa shape index (κ2) is 5.00. The van der Waals surface area contributed by atoms with Crippen molar-refractivity contribution in [2.75, 3.05) is 0 Å². The molecule has 0 atom stereocenters. The van der Waals surface area contributed by atoms with Crippen molar-refractivity contribution >= 4 is 38.4 Å². The predicted molar refractivity (Wildman–Crippen MR) is 89.8 cm³/mol. The van der Waals surface area contributed by atoms with Gasteiger partial charge in [0.05, 0.1) is 5.52 Å². The lowest BCUT2D eigenvalue weighted by molar-refractivity contribution is 0.0702. The summed E-state index contributed by atoms with van der Waals surface area (Å²) in [6.45, 7) is 0.741. The quantitative estimate of drug-likeness (QED) is 0.601. The molecule has 0 aliphatic heterocycles. The molecule has 2 aromatic heterocycles. The molecule has 0 saturated carbocycles. The van der Waals surface area contributed by atoms with Gasteiger partial charge in [0, 0.05) is 17.3 Å². The monoisotopic (exact) mass is 307 g/mol. The van der Waals surface area contributed by atoms with Crippen LogP contribution in [0, 0.1) is 0 Å². The van der Waals surface area contributed by atoms with E-state index in [2.05, 4.69) is 28.8 Å². The standard InChI is InChI=1S/C18H13NO2S/c20-18(21)16-10-14-13-8-4-5-9-15(13)19(17(14)22-16)11-12-6-2-1-3-7-12/h1-10H,11H2,(H,20,21). The highest BCUT2D eigenvalue weighted by Crippen LogP contribution is 2.35. The number of thiophene rings is 1. The normalized spacial score (nSPS) is 11.3. The smallest absolute Gasteiger partial charge is 0.345 e. The number of hydrogen-bond acceptors (Lipinski definition) is 2. The van der Waals surface area contributed by atoms with Crippen LogP contribution < -0.4 is 0 Å². The molecule has 0 radical (unpaired) electrons. The third kappa shape index (κ3) is 2.00. The minimum Gasteiger partial charge on any atom is -0.477 e. The summed E-state index contributed by atoms with van der Waals surface area (Å²) in [7, 11) is 0. The Morgan fingerprint density at radius 3 is 2.50 bits per heavy atom. The van der Waals surface area contributed by atoms with Crippen LogP contribution in [0.15, 0.2) is 60.7 Å². The maximum absolute atomic E-state index is 11.3. The molecule has 3 nitrogen and oxygen atoms in total. The van der Waals surface area contributed by atoms with E-state index in [4.69, 9.17) is 0 Å². The molecule has 0 bridgehead atoms. The van der Waals surface area contributed by atoms with Crippen molar-refractivity contribution < 1.29 is 9.90 Å². The van der Waals surface area contributed by atoms with Crippen LogP contribution in [0.5, 0.6) is 0 Å². The first-order chi connectivity index (χ1) is 10.7. The lowest BCUT2D eigenvalue weighted by atomic mass is 10.2. The number of rotatable bonds is 3. The number of para-hydroxylation sites is 1. The van der Waals surface area contributed by atoms with Gasteiger partial charge in [-0.3, -0.25) is 0 Å². The van der Waals surface area contributed by atoms with Gasteiger partial charge in [0.2, 0.25) is 0 Å². The number of aromatic carboxylic acids is 1. The van der Waals surface area contributed by atoms with Crippen molar-refractivity contribution in [1.82, 2.24) is 4.57 Å². The van der Waals surface area contributed by atoms with Crippen LogP contribution in [0.2, 0.25) is 0 Å². The zero-order chi connectivity index (χ0) is 15.1. The van der Waals surface area contributed by atoms with Crippen LogP contribution in [0.1, 0.15) is 15.2 Å². The number of carboxylic acids is 1. The average Bonchev–Trinajstić information content (AvgIpc) is 3.08. The zero-order valence-electron chi connectivity index (χ0n) is 11.7. The molecule has 4 heteroatoms. The topological polar surface area (TPSA) is 42.2 Å². The van der Waals surface area contributed by atoms with Crippen LogP contribution >= 0.6 is 11.3 Å². The second-order valence-corrected chi connectivity index (χ2v) is 6.25. The van der Waals surface area contributed by atoms with Gasteiger partial charge >= 0.3 is 5.97 Å². The summed E-state index contributed by atoms with van der Waals surface area (Å²) in [6, 6.07) is 20.2. The van der Waals surface area contributed by atoms with Gasteiger partial charge in [-0.1, -0.05) is 48.5 Å². The molecule has 0 spiro atoms. The Kier molecular flexibility index (Phi) is 2.98. The van der Waals surface area contributed by atoms with E-state index in [0.29, 0.717) is 4.88 Å². The SMILES string of the molecule is O=C(O)c1cc2c3ccccc3n(Cc3ccccc3)c2s1. The first kappa shape index (κ1) is 13.1. The van der Waals surface area contributed by atoms with Crippen LogP contribution in [0.4, 0.5) is 0 Å². The molecule has 0 fully saturated rings. The van der Waals surface area contributed by atoms with Crippen LogP contribution in [0.25, 0.3) is 21.1 Å². The molecule has 2 heterocycles. The molecule has 0 unspecified atom stereocenters. The summed E-state index contributed by atoms with van der Waals surface area (Å²) in [4.78, 5) is 12.7. The van der Waals surface area contributed by atoms with E-state index >= 15 is 0 Å². The minimum atomic E-state index is -0.864. The fourth-order valence-electron chi connectivity index (χ4n) is 2.85. The number of carboxylic acid groups (broad SMARTS) is 1. The molecule has 108 valence electrons. The molecule has 4 rings (SSSR count). The van der Waals surface area contributed by atoms with Crippen molar-refractivity contribution in [2.24, 2.45) is 0 Å². The third-order valence-corrected chi connectivity index (χ3v) is 4.98. The maximum atomic E-state index is 11.3. The highest BCUT2D eigenvalue weighted by molar-refractivity contribution is 7.20. The highest BCUT2D eigenvalue weighted by Gasteiger charge is 2.16. The molecule has 0 aliphatic carbocycles. The van der Waals surface area contributed by atoms with Crippen molar-refractivity contribution in [2.45, 2.75) is 6.54 Å². The van der Waals surface area contributed by atoms with Gasteiger partial charge in [0.1, 0.15) is 9.71 Å². The van der Waals surface area contributed by atoms with Crippen molar-refractivity contribution in [3.05, 3.63) is 71.1 Å². The first-order valence-corrected chi connectivity index (χ1v) is 7.83. The first-order valence-electron chi connectivity index (χ1n) is 7.02. The van der Waals surface area contributed by atoms with Crippen LogP contribution in [-0.2, 0) is 6.54 Å². The summed E-state index contributed by atoms with van der Waals surface area (Å²) < 4.78 is 2.21. The molecule has 1 N–H and O–H groups in total. The Hall–Kier alpha value is -2.59. The summed E-state index contributed by atoms with van der Waals surface area (Å²) in [5, 5.41) is 11.4. The molecule has 4 aromatic rings. The Morgan fingerprint density at radius 1 is 1.00 bits per heavy atom. The number of hydrogen-bond donors (Lipinski definition) is 1. The van der Waals surface area contributed by atoms with E-state index in [1.165, 1.54) is 16.9 Å². The van der Waals surface area contributed by atoms with Gasteiger partial charge in [0.15, 0.2) is 0 Å². The van der Waals surface area contributed by atoms with E-state index in [-0.39, 0.29) is 0 Å². The van der Waals surface area contributed by atoms with Crippen molar-refractivity contribution in [3.63, 3.8) is 0 Å². The van der Waals surface area contributed by atoms with E-state index < -0.39 is 5.97 Å². The van der Waals surface area contributed by atoms with Gasteiger partial charge < -0.3 is 9.67 Å². The lowest BCUT2D eigenvalue weighted by Crippen LogP contribution is -1.98. The summed E-state index contributed by atoms with van der Waals surface area (Å²) in [5.74, 6) is -0.864. The Labute approximate surface area is 131 Å². The van der Waals surface area contributed by atoms with E-state index in [9.17, 15) is 9.90 Å². The fraction of sp³-hybridized carbons (Fsp3) is 0.0556. The van der Waals surface area contributed by atoms with E-state index in [0.717, 1.165) is 27.7 Å². The minimum absolute atomic E-state index is 0.387. The molecule has 0 saturated heterocycles. The fourth-order valence-corrected chi connectivity index (χ4v) is 3.87. The van der Waals surface area contributed by atoms with Gasteiger partial charge in [-0.2, -0.15) is 0 Å². The number of carbonyl (C=O) groups is 1. The number of benzene rings is 2. The lowest BCUT2D eigenvalue weighted by Gasteiger charge is -2.06. The maximum Gasteiger partial charge on any atom is 0.345 e. The zero-order valence-corrected chi connectivity index (χ0v) is 12.5. The molecule has 0 amide bonds. The van der Waals surface area contributed by atoms with Gasteiger partial charge in [-0.25, -0.2) is 4.79 Å². The van der Waals surface area contributed by atoms with Gasteiger partial charge in [-0.05, 0) is 17.7 Å². The summed E-state index contributed by atoms with van der Waals surface area (Å²) >= 11 is 1.34. The Balaban J connectivity index is 1.98. The number of aromatic nitrogens is 1. The van der Waals surface area contributed by atoms with E-state index in [1.807, 2.05) is 30.3 Å². The average molecular weight is 307 g/mol. The molecule has 2 aromatic carbocycles. The largest absolute Gasteiger partial charge is 0.477 e.